The van der Waals surface area contributed by atoms with E-state index in [4.69, 9.17) is 39.5 Å². The van der Waals surface area contributed by atoms with E-state index in [0.29, 0.717) is 22.0 Å². The van der Waals surface area contributed by atoms with Gasteiger partial charge in [-0.1, -0.05) is 35.3 Å². The van der Waals surface area contributed by atoms with Crippen LogP contribution in [0.15, 0.2) is 36.4 Å². The van der Waals surface area contributed by atoms with Gasteiger partial charge in [0, 0.05) is 0 Å². The van der Waals surface area contributed by atoms with Crippen LogP contribution in [0.3, 0.4) is 0 Å². The Morgan fingerprint density at radius 1 is 1.10 bits per heavy atom. The molecule has 0 spiro atoms. The summed E-state index contributed by atoms with van der Waals surface area (Å²) in [5.41, 5.74) is 1.63. The Bertz CT molecular complexity index is 616. The van der Waals surface area contributed by atoms with Crippen LogP contribution in [0.1, 0.15) is 16.5 Å². The fourth-order valence-corrected chi connectivity index (χ4v) is 2.50. The second-order valence-corrected chi connectivity index (χ2v) is 5.66. The predicted octanol–water partition coefficient (Wildman–Crippen LogP) is 5.66. The molecule has 20 heavy (non-hydrogen) atoms. The quantitative estimate of drug-likeness (QED) is 0.656. The molecule has 2 aromatic rings. The molecule has 0 fully saturated rings. The van der Waals surface area contributed by atoms with Gasteiger partial charge in [0.25, 0.3) is 0 Å². The van der Waals surface area contributed by atoms with Gasteiger partial charge in [-0.3, -0.25) is 0 Å². The normalized spacial score (nSPS) is 12.2. The zero-order chi connectivity index (χ0) is 14.7. The lowest BCUT2D eigenvalue weighted by Crippen LogP contribution is -1.98. The van der Waals surface area contributed by atoms with Gasteiger partial charge < -0.3 is 4.74 Å². The number of rotatable bonds is 4. The second kappa shape index (κ2) is 6.66. The van der Waals surface area contributed by atoms with Gasteiger partial charge in [-0.05, 0) is 41.8 Å². The highest BCUT2D eigenvalue weighted by Crippen LogP contribution is 2.30. The number of hydrogen-bond donors (Lipinski definition) is 0. The van der Waals surface area contributed by atoms with Gasteiger partial charge in [0.05, 0.1) is 22.5 Å². The first-order valence-electron chi connectivity index (χ1n) is 5.92. The maximum atomic E-state index is 13.6. The Morgan fingerprint density at radius 3 is 2.45 bits per heavy atom. The minimum absolute atomic E-state index is 0.201. The summed E-state index contributed by atoms with van der Waals surface area (Å²) in [5, 5.41) is 0.624. The van der Waals surface area contributed by atoms with Crippen LogP contribution in [0, 0.1) is 5.82 Å². The molecule has 0 bridgehead atoms. The van der Waals surface area contributed by atoms with Crippen LogP contribution in [-0.2, 0) is 6.42 Å². The van der Waals surface area contributed by atoms with Gasteiger partial charge in [0.1, 0.15) is 0 Å². The largest absolute Gasteiger partial charge is 0.494 e. The van der Waals surface area contributed by atoms with E-state index < -0.39 is 5.82 Å². The molecule has 1 nitrogen and oxygen atoms in total. The summed E-state index contributed by atoms with van der Waals surface area (Å²) in [4.78, 5) is 0. The molecule has 0 saturated carbocycles. The number of methoxy groups -OCH3 is 1. The Hall–Kier alpha value is -0.960. The van der Waals surface area contributed by atoms with E-state index in [2.05, 4.69) is 0 Å². The third kappa shape index (κ3) is 3.57. The average Bonchev–Trinajstić information content (AvgIpc) is 2.42. The summed E-state index contributed by atoms with van der Waals surface area (Å²) in [6.07, 6.45) is 0.532. The summed E-state index contributed by atoms with van der Waals surface area (Å²) in [6, 6.07) is 10.0. The summed E-state index contributed by atoms with van der Waals surface area (Å²) in [7, 11) is 1.42. The highest BCUT2D eigenvalue weighted by molar-refractivity contribution is 6.42. The highest BCUT2D eigenvalue weighted by Gasteiger charge is 2.13. The monoisotopic (exact) mass is 332 g/mol. The lowest BCUT2D eigenvalue weighted by atomic mass is 10.0. The first-order chi connectivity index (χ1) is 9.51. The molecule has 2 rings (SSSR count). The third-order valence-corrected chi connectivity index (χ3v) is 4.08. The van der Waals surface area contributed by atoms with Crippen molar-refractivity contribution < 1.29 is 9.13 Å². The van der Waals surface area contributed by atoms with Crippen molar-refractivity contribution >= 4 is 34.8 Å². The Morgan fingerprint density at radius 2 is 1.85 bits per heavy atom. The highest BCUT2D eigenvalue weighted by atomic mass is 35.5. The molecule has 0 radical (unpaired) electrons. The van der Waals surface area contributed by atoms with Crippen molar-refractivity contribution in [2.45, 2.75) is 11.8 Å². The van der Waals surface area contributed by atoms with Gasteiger partial charge in [-0.2, -0.15) is 0 Å². The fraction of sp³-hybridized carbons (Fsp3) is 0.200. The third-order valence-electron chi connectivity index (χ3n) is 2.94. The van der Waals surface area contributed by atoms with Gasteiger partial charge in [0.15, 0.2) is 11.6 Å². The van der Waals surface area contributed by atoms with Crippen LogP contribution in [0.5, 0.6) is 5.75 Å². The molecule has 0 aliphatic carbocycles. The molecule has 106 valence electrons. The molecular formula is C15H12Cl3FO. The van der Waals surface area contributed by atoms with Crippen molar-refractivity contribution in [3.8, 4) is 5.75 Å². The maximum Gasteiger partial charge on any atom is 0.165 e. The standard InChI is InChI=1S/C15H12Cl3FO/c1-20-15-5-3-10(8-14(15)19)12(17)6-9-2-4-11(16)13(18)7-9/h2-5,7-8,12H,6H2,1H3. The summed E-state index contributed by atoms with van der Waals surface area (Å²) < 4.78 is 18.5. The van der Waals surface area contributed by atoms with Gasteiger partial charge in [0.2, 0.25) is 0 Å². The molecule has 0 amide bonds. The van der Waals surface area contributed by atoms with Crippen LogP contribution >= 0.6 is 34.8 Å². The zero-order valence-electron chi connectivity index (χ0n) is 10.7. The molecule has 2 aromatic carbocycles. The van der Waals surface area contributed by atoms with Gasteiger partial charge >= 0.3 is 0 Å². The van der Waals surface area contributed by atoms with Crippen molar-refractivity contribution in [2.24, 2.45) is 0 Å². The van der Waals surface area contributed by atoms with Crippen molar-refractivity contribution in [3.63, 3.8) is 0 Å². The molecule has 0 aliphatic heterocycles. The molecular weight excluding hydrogens is 322 g/mol. The van der Waals surface area contributed by atoms with Crippen molar-refractivity contribution in [2.75, 3.05) is 7.11 Å². The molecule has 1 atom stereocenters. The lowest BCUT2D eigenvalue weighted by Gasteiger charge is -2.12. The van der Waals surface area contributed by atoms with E-state index in [-0.39, 0.29) is 11.1 Å². The first kappa shape index (κ1) is 15.4. The van der Waals surface area contributed by atoms with E-state index in [9.17, 15) is 4.39 Å². The van der Waals surface area contributed by atoms with Crippen LogP contribution in [0.2, 0.25) is 10.0 Å². The van der Waals surface area contributed by atoms with E-state index in [1.807, 2.05) is 6.07 Å². The van der Waals surface area contributed by atoms with E-state index in [0.717, 1.165) is 5.56 Å². The average molecular weight is 334 g/mol. The van der Waals surface area contributed by atoms with Crippen molar-refractivity contribution in [3.05, 3.63) is 63.4 Å². The minimum Gasteiger partial charge on any atom is -0.494 e. The molecule has 0 N–H and O–H groups in total. The van der Waals surface area contributed by atoms with Crippen molar-refractivity contribution in [1.82, 2.24) is 0 Å². The van der Waals surface area contributed by atoms with E-state index in [1.54, 1.807) is 24.3 Å². The molecule has 0 saturated heterocycles. The van der Waals surface area contributed by atoms with E-state index >= 15 is 0 Å². The van der Waals surface area contributed by atoms with Crippen LogP contribution in [0.25, 0.3) is 0 Å². The number of ether oxygens (including phenoxy) is 1. The van der Waals surface area contributed by atoms with Gasteiger partial charge in [-0.25, -0.2) is 4.39 Å². The topological polar surface area (TPSA) is 9.23 Å². The van der Waals surface area contributed by atoms with Gasteiger partial charge in [-0.15, -0.1) is 11.6 Å². The second-order valence-electron chi connectivity index (χ2n) is 4.31. The van der Waals surface area contributed by atoms with Crippen LogP contribution in [-0.4, -0.2) is 7.11 Å². The molecule has 1 unspecified atom stereocenters. The Labute approximate surface area is 132 Å². The summed E-state index contributed by atoms with van der Waals surface area (Å²) in [6.45, 7) is 0. The summed E-state index contributed by atoms with van der Waals surface area (Å²) in [5.74, 6) is -0.225. The number of hydrogen-bond acceptors (Lipinski definition) is 1. The maximum absolute atomic E-state index is 13.6. The van der Waals surface area contributed by atoms with Crippen LogP contribution in [0.4, 0.5) is 4.39 Å². The minimum atomic E-state index is -0.426. The number of benzene rings is 2. The Balaban J connectivity index is 2.17. The number of alkyl halides is 1. The van der Waals surface area contributed by atoms with Crippen molar-refractivity contribution in [1.29, 1.82) is 0 Å². The summed E-state index contributed by atoms with van der Waals surface area (Å²) >= 11 is 18.1. The Kier molecular flexibility index (Phi) is 5.14. The van der Waals surface area contributed by atoms with Crippen LogP contribution < -0.4 is 4.74 Å². The number of halogens is 4. The smallest absolute Gasteiger partial charge is 0.165 e. The lowest BCUT2D eigenvalue weighted by molar-refractivity contribution is 0.386. The molecule has 0 aliphatic rings. The first-order valence-corrected chi connectivity index (χ1v) is 7.12. The predicted molar refractivity (Wildman–Crippen MR) is 81.7 cm³/mol. The SMILES string of the molecule is COc1ccc(C(Cl)Cc2ccc(Cl)c(Cl)c2)cc1F. The van der Waals surface area contributed by atoms with E-state index in [1.165, 1.54) is 13.2 Å². The zero-order valence-corrected chi connectivity index (χ0v) is 12.9. The molecule has 5 heteroatoms. The molecule has 0 heterocycles. The molecule has 0 aromatic heterocycles. The fourth-order valence-electron chi connectivity index (χ4n) is 1.87.